The van der Waals surface area contributed by atoms with E-state index in [4.69, 9.17) is 0 Å². The van der Waals surface area contributed by atoms with Crippen LogP contribution in [0.3, 0.4) is 0 Å². The molecule has 0 saturated heterocycles. The molecular weight excluding hydrogens is 204 g/mol. The predicted molar refractivity (Wildman–Crippen MR) is 60.9 cm³/mol. The molecule has 0 spiro atoms. The Morgan fingerprint density at radius 3 is 3.00 bits per heavy atom. The highest BCUT2D eigenvalue weighted by molar-refractivity contribution is 4.78. The molecule has 1 aliphatic rings. The molecule has 5 heteroatoms. The maximum Gasteiger partial charge on any atom is 0.0693 e. The maximum atomic E-state index is 9.91. The number of aliphatic hydroxyl groups excluding tert-OH is 1. The van der Waals surface area contributed by atoms with Gasteiger partial charge in [0.15, 0.2) is 0 Å². The quantitative estimate of drug-likeness (QED) is 0.734. The van der Waals surface area contributed by atoms with E-state index in [9.17, 15) is 5.11 Å². The first-order valence-electron chi connectivity index (χ1n) is 6.12. The summed E-state index contributed by atoms with van der Waals surface area (Å²) in [5.41, 5.74) is 0. The van der Waals surface area contributed by atoms with Gasteiger partial charge in [-0.1, -0.05) is 24.5 Å². The van der Waals surface area contributed by atoms with Crippen molar-refractivity contribution in [3.8, 4) is 0 Å². The van der Waals surface area contributed by atoms with E-state index in [2.05, 4.69) is 15.6 Å². The Kier molecular flexibility index (Phi) is 4.30. The summed E-state index contributed by atoms with van der Waals surface area (Å²) >= 11 is 0. The second-order valence-corrected chi connectivity index (χ2v) is 4.43. The van der Waals surface area contributed by atoms with Crippen molar-refractivity contribution in [1.29, 1.82) is 0 Å². The van der Waals surface area contributed by atoms with Crippen LogP contribution in [-0.2, 0) is 6.54 Å². The lowest BCUT2D eigenvalue weighted by Crippen LogP contribution is -2.40. The van der Waals surface area contributed by atoms with Gasteiger partial charge in [0.25, 0.3) is 0 Å². The van der Waals surface area contributed by atoms with E-state index in [1.165, 1.54) is 12.8 Å². The minimum absolute atomic E-state index is 0.182. The number of aromatic nitrogens is 3. The zero-order valence-electron chi connectivity index (χ0n) is 9.55. The largest absolute Gasteiger partial charge is 0.392 e. The molecule has 2 rings (SSSR count). The lowest BCUT2D eigenvalue weighted by atomic mass is 10.1. The van der Waals surface area contributed by atoms with Crippen LogP contribution < -0.4 is 5.32 Å². The Balaban J connectivity index is 1.71. The lowest BCUT2D eigenvalue weighted by Gasteiger charge is -2.21. The highest BCUT2D eigenvalue weighted by Gasteiger charge is 2.20. The number of nitrogens with one attached hydrogen (secondary N) is 1. The van der Waals surface area contributed by atoms with E-state index in [0.29, 0.717) is 0 Å². The van der Waals surface area contributed by atoms with Crippen molar-refractivity contribution in [3.05, 3.63) is 12.4 Å². The molecule has 0 aromatic carbocycles. The summed E-state index contributed by atoms with van der Waals surface area (Å²) in [6.07, 6.45) is 8.99. The van der Waals surface area contributed by atoms with Crippen LogP contribution in [0, 0.1) is 0 Å². The van der Waals surface area contributed by atoms with Crippen LogP contribution in [0.1, 0.15) is 32.1 Å². The van der Waals surface area contributed by atoms with Crippen molar-refractivity contribution in [3.63, 3.8) is 0 Å². The third-order valence-electron chi connectivity index (χ3n) is 3.20. The fraction of sp³-hybridized carbons (Fsp3) is 0.818. The van der Waals surface area contributed by atoms with Crippen molar-refractivity contribution in [2.24, 2.45) is 0 Å². The van der Waals surface area contributed by atoms with E-state index < -0.39 is 0 Å². The molecule has 16 heavy (non-hydrogen) atoms. The van der Waals surface area contributed by atoms with Gasteiger partial charge in [-0.15, -0.1) is 5.10 Å². The monoisotopic (exact) mass is 224 g/mol. The van der Waals surface area contributed by atoms with Crippen molar-refractivity contribution in [2.45, 2.75) is 50.8 Å². The van der Waals surface area contributed by atoms with Crippen molar-refractivity contribution < 1.29 is 5.11 Å². The summed E-state index contributed by atoms with van der Waals surface area (Å²) in [5, 5.41) is 21.0. The van der Waals surface area contributed by atoms with Gasteiger partial charge in [-0.3, -0.25) is 4.68 Å². The lowest BCUT2D eigenvalue weighted by molar-refractivity contribution is 0.119. The number of rotatable bonds is 4. The van der Waals surface area contributed by atoms with E-state index in [1.807, 2.05) is 6.20 Å². The van der Waals surface area contributed by atoms with E-state index in [0.717, 1.165) is 32.4 Å². The van der Waals surface area contributed by atoms with Crippen LogP contribution in [0.5, 0.6) is 0 Å². The van der Waals surface area contributed by atoms with Crippen molar-refractivity contribution >= 4 is 0 Å². The Morgan fingerprint density at radius 1 is 1.31 bits per heavy atom. The SMILES string of the molecule is OC1CCCCCC1NCCn1ccnn1. The van der Waals surface area contributed by atoms with Crippen LogP contribution in [0.25, 0.3) is 0 Å². The number of hydrogen-bond acceptors (Lipinski definition) is 4. The van der Waals surface area contributed by atoms with Gasteiger partial charge in [-0.05, 0) is 12.8 Å². The van der Waals surface area contributed by atoms with E-state index >= 15 is 0 Å². The molecule has 1 aromatic heterocycles. The van der Waals surface area contributed by atoms with Gasteiger partial charge < -0.3 is 10.4 Å². The fourth-order valence-corrected chi connectivity index (χ4v) is 2.24. The molecule has 0 aliphatic heterocycles. The zero-order valence-corrected chi connectivity index (χ0v) is 9.55. The summed E-state index contributed by atoms with van der Waals surface area (Å²) < 4.78 is 1.80. The summed E-state index contributed by atoms with van der Waals surface area (Å²) in [7, 11) is 0. The third kappa shape index (κ3) is 3.28. The van der Waals surface area contributed by atoms with Gasteiger partial charge in [-0.25, -0.2) is 0 Å². The maximum absolute atomic E-state index is 9.91. The molecule has 5 nitrogen and oxygen atoms in total. The molecule has 1 fully saturated rings. The Hall–Kier alpha value is -0.940. The first kappa shape index (κ1) is 11.5. The highest BCUT2D eigenvalue weighted by Crippen LogP contribution is 2.17. The summed E-state index contributed by atoms with van der Waals surface area (Å²) in [5.74, 6) is 0. The Morgan fingerprint density at radius 2 is 2.19 bits per heavy atom. The highest BCUT2D eigenvalue weighted by atomic mass is 16.3. The fourth-order valence-electron chi connectivity index (χ4n) is 2.24. The molecule has 0 radical (unpaired) electrons. The van der Waals surface area contributed by atoms with E-state index in [1.54, 1.807) is 10.9 Å². The van der Waals surface area contributed by atoms with Crippen LogP contribution in [-0.4, -0.2) is 38.8 Å². The second-order valence-electron chi connectivity index (χ2n) is 4.43. The normalized spacial score (nSPS) is 26.6. The van der Waals surface area contributed by atoms with Crippen LogP contribution >= 0.6 is 0 Å². The Bertz CT molecular complexity index is 288. The number of hydrogen-bond donors (Lipinski definition) is 2. The molecule has 2 atom stereocenters. The minimum Gasteiger partial charge on any atom is -0.392 e. The Labute approximate surface area is 95.8 Å². The van der Waals surface area contributed by atoms with Crippen LogP contribution in [0.4, 0.5) is 0 Å². The van der Waals surface area contributed by atoms with Gasteiger partial charge in [0, 0.05) is 18.8 Å². The molecule has 2 N–H and O–H groups in total. The van der Waals surface area contributed by atoms with Gasteiger partial charge in [0.05, 0.1) is 18.8 Å². The van der Waals surface area contributed by atoms with Gasteiger partial charge in [-0.2, -0.15) is 0 Å². The van der Waals surface area contributed by atoms with Gasteiger partial charge in [0.1, 0.15) is 0 Å². The first-order chi connectivity index (χ1) is 7.86. The first-order valence-corrected chi connectivity index (χ1v) is 6.12. The second kappa shape index (κ2) is 5.96. The zero-order chi connectivity index (χ0) is 11.2. The molecule has 0 bridgehead atoms. The molecule has 1 saturated carbocycles. The van der Waals surface area contributed by atoms with Crippen LogP contribution in [0.2, 0.25) is 0 Å². The molecule has 1 aromatic rings. The molecule has 2 unspecified atom stereocenters. The molecular formula is C11H20N4O. The summed E-state index contributed by atoms with van der Waals surface area (Å²) in [6.45, 7) is 1.65. The van der Waals surface area contributed by atoms with Crippen molar-refractivity contribution in [2.75, 3.05) is 6.54 Å². The average molecular weight is 224 g/mol. The van der Waals surface area contributed by atoms with Crippen molar-refractivity contribution in [1.82, 2.24) is 20.3 Å². The summed E-state index contributed by atoms with van der Waals surface area (Å²) in [6, 6.07) is 0.256. The third-order valence-corrected chi connectivity index (χ3v) is 3.20. The smallest absolute Gasteiger partial charge is 0.0693 e. The predicted octanol–water partition coefficient (Wildman–Crippen LogP) is 0.561. The van der Waals surface area contributed by atoms with Crippen LogP contribution in [0.15, 0.2) is 12.4 Å². The topological polar surface area (TPSA) is 63.0 Å². The minimum atomic E-state index is -0.182. The molecule has 1 aliphatic carbocycles. The number of aliphatic hydroxyl groups is 1. The molecule has 90 valence electrons. The van der Waals surface area contributed by atoms with E-state index in [-0.39, 0.29) is 12.1 Å². The molecule has 1 heterocycles. The number of nitrogens with zero attached hydrogens (tertiary/aromatic N) is 3. The summed E-state index contributed by atoms with van der Waals surface area (Å²) in [4.78, 5) is 0. The average Bonchev–Trinajstić information content (AvgIpc) is 2.71. The molecule has 0 amide bonds. The standard InChI is InChI=1S/C11H20N4O/c16-11-5-3-1-2-4-10(11)12-6-8-15-9-7-13-14-15/h7,9-12,16H,1-6,8H2. The van der Waals surface area contributed by atoms with Gasteiger partial charge in [0.2, 0.25) is 0 Å². The van der Waals surface area contributed by atoms with Gasteiger partial charge >= 0.3 is 0 Å².